The number of morpholine rings is 1. The smallest absolute Gasteiger partial charge is 0.243 e. The summed E-state index contributed by atoms with van der Waals surface area (Å²) in [6, 6.07) is 8.03. The third-order valence-corrected chi connectivity index (χ3v) is 5.18. The zero-order chi connectivity index (χ0) is 22.2. The number of aromatic nitrogens is 2. The van der Waals surface area contributed by atoms with Crippen molar-refractivity contribution in [2.45, 2.75) is 12.5 Å². The Labute approximate surface area is 206 Å². The summed E-state index contributed by atoms with van der Waals surface area (Å²) < 4.78 is 12.9. The van der Waals surface area contributed by atoms with Crippen LogP contribution < -0.4 is 10.1 Å². The molecule has 1 aromatic heterocycles. The van der Waals surface area contributed by atoms with Crippen molar-refractivity contribution in [1.29, 1.82) is 0 Å². The Morgan fingerprint density at radius 1 is 1.34 bits per heavy atom. The molecule has 1 aliphatic rings. The molecule has 2 aromatic rings. The van der Waals surface area contributed by atoms with Crippen molar-refractivity contribution < 1.29 is 14.3 Å². The first-order valence-corrected chi connectivity index (χ1v) is 10.4. The molecule has 0 bridgehead atoms. The Kier molecular flexibility index (Phi) is 10.2. The van der Waals surface area contributed by atoms with Crippen LogP contribution in [0, 0.1) is 0 Å². The van der Waals surface area contributed by atoms with Crippen LogP contribution in [0.15, 0.2) is 41.7 Å². The number of benzene rings is 1. The second-order valence-electron chi connectivity index (χ2n) is 7.71. The van der Waals surface area contributed by atoms with Gasteiger partial charge in [-0.3, -0.25) is 9.48 Å². The van der Waals surface area contributed by atoms with Gasteiger partial charge in [-0.15, -0.1) is 24.0 Å². The second kappa shape index (κ2) is 12.6. The summed E-state index contributed by atoms with van der Waals surface area (Å²) in [7, 11) is 7.03. The first kappa shape index (κ1) is 25.9. The number of hydrogen-bond acceptors (Lipinski definition) is 5. The standard InChI is InChI=1S/C22H32N6O3.HI/c1-26(2)21(29)14-24-22(23-10-9-17-5-7-19(30-4)8-6-17)28-11-12-31-20(16-28)18-13-25-27(3)15-18;/h5-8,13,15,20H,9-12,14,16H2,1-4H3,(H,23,24);1H. The number of methoxy groups -OCH3 is 1. The van der Waals surface area contributed by atoms with Gasteiger partial charge in [-0.2, -0.15) is 5.10 Å². The van der Waals surface area contributed by atoms with Gasteiger partial charge in [0.25, 0.3) is 0 Å². The van der Waals surface area contributed by atoms with Gasteiger partial charge in [0.1, 0.15) is 18.4 Å². The van der Waals surface area contributed by atoms with Crippen LogP contribution in [0.5, 0.6) is 5.75 Å². The molecular formula is C22H33IN6O3. The van der Waals surface area contributed by atoms with Crippen LogP contribution >= 0.6 is 24.0 Å². The molecule has 3 rings (SSSR count). The summed E-state index contributed by atoms with van der Waals surface area (Å²) in [6.45, 7) is 2.75. The molecule has 1 amide bonds. The van der Waals surface area contributed by atoms with Gasteiger partial charge in [-0.05, 0) is 24.1 Å². The van der Waals surface area contributed by atoms with Gasteiger partial charge in [-0.1, -0.05) is 12.1 Å². The van der Waals surface area contributed by atoms with Crippen LogP contribution in [0.4, 0.5) is 0 Å². The summed E-state index contributed by atoms with van der Waals surface area (Å²) in [5.74, 6) is 1.53. The van der Waals surface area contributed by atoms with Crippen LogP contribution in [-0.2, 0) is 23.0 Å². The predicted octanol–water partition coefficient (Wildman–Crippen LogP) is 1.70. The SMILES string of the molecule is COc1ccc(CCNC(=NCC(=O)N(C)C)N2CCOC(c3cnn(C)c3)C2)cc1.I. The average molecular weight is 556 g/mol. The summed E-state index contributed by atoms with van der Waals surface area (Å²) in [6.07, 6.45) is 4.55. The van der Waals surface area contributed by atoms with E-state index in [-0.39, 0.29) is 42.5 Å². The van der Waals surface area contributed by atoms with E-state index in [4.69, 9.17) is 9.47 Å². The van der Waals surface area contributed by atoms with Crippen molar-refractivity contribution in [1.82, 2.24) is 24.9 Å². The third kappa shape index (κ3) is 7.37. The third-order valence-electron chi connectivity index (χ3n) is 5.18. The molecule has 0 spiro atoms. The Balaban J connectivity index is 0.00000363. The lowest BCUT2D eigenvalue weighted by molar-refractivity contribution is -0.127. The highest BCUT2D eigenvalue weighted by Crippen LogP contribution is 2.21. The lowest BCUT2D eigenvalue weighted by Gasteiger charge is -2.35. The van der Waals surface area contributed by atoms with E-state index in [1.807, 2.05) is 31.6 Å². The fourth-order valence-electron chi connectivity index (χ4n) is 3.31. The van der Waals surface area contributed by atoms with Crippen LogP contribution in [0.25, 0.3) is 0 Å². The number of guanidine groups is 1. The molecule has 1 fully saturated rings. The molecule has 176 valence electrons. The molecule has 1 aliphatic heterocycles. The molecule has 9 nitrogen and oxygen atoms in total. The summed E-state index contributed by atoms with van der Waals surface area (Å²) in [5, 5.41) is 7.68. The molecular weight excluding hydrogens is 523 g/mol. The monoisotopic (exact) mass is 556 g/mol. The number of carbonyl (C=O) groups excluding carboxylic acids is 1. The van der Waals surface area contributed by atoms with E-state index in [2.05, 4.69) is 32.4 Å². The number of nitrogens with one attached hydrogen (secondary N) is 1. The van der Waals surface area contributed by atoms with Crippen LogP contribution in [0.1, 0.15) is 17.2 Å². The Hall–Kier alpha value is -2.34. The highest BCUT2D eigenvalue weighted by Gasteiger charge is 2.25. The van der Waals surface area contributed by atoms with E-state index < -0.39 is 0 Å². The van der Waals surface area contributed by atoms with Crippen LogP contribution in [0.2, 0.25) is 0 Å². The number of aryl methyl sites for hydroxylation is 1. The van der Waals surface area contributed by atoms with Gasteiger partial charge in [0, 0.05) is 46.0 Å². The zero-order valence-corrected chi connectivity index (χ0v) is 21.5. The minimum Gasteiger partial charge on any atom is -0.497 e. The van der Waals surface area contributed by atoms with Gasteiger partial charge in [0.2, 0.25) is 5.91 Å². The largest absolute Gasteiger partial charge is 0.497 e. The maximum Gasteiger partial charge on any atom is 0.243 e. The van der Waals surface area contributed by atoms with Crippen molar-refractivity contribution in [3.05, 3.63) is 47.8 Å². The van der Waals surface area contributed by atoms with Crippen molar-refractivity contribution in [3.8, 4) is 5.75 Å². The predicted molar refractivity (Wildman–Crippen MR) is 135 cm³/mol. The minimum absolute atomic E-state index is 0. The molecule has 2 heterocycles. The highest BCUT2D eigenvalue weighted by atomic mass is 127. The van der Waals surface area contributed by atoms with E-state index in [1.165, 1.54) is 5.56 Å². The minimum atomic E-state index is -0.0828. The fourth-order valence-corrected chi connectivity index (χ4v) is 3.31. The second-order valence-corrected chi connectivity index (χ2v) is 7.71. The van der Waals surface area contributed by atoms with E-state index in [0.717, 1.165) is 23.7 Å². The first-order chi connectivity index (χ1) is 15.0. The molecule has 1 saturated heterocycles. The molecule has 10 heteroatoms. The van der Waals surface area contributed by atoms with E-state index in [1.54, 1.807) is 30.8 Å². The summed E-state index contributed by atoms with van der Waals surface area (Å²) >= 11 is 0. The van der Waals surface area contributed by atoms with Gasteiger partial charge >= 0.3 is 0 Å². The number of nitrogens with zero attached hydrogens (tertiary/aromatic N) is 5. The van der Waals surface area contributed by atoms with E-state index in [9.17, 15) is 4.79 Å². The van der Waals surface area contributed by atoms with Crippen molar-refractivity contribution in [3.63, 3.8) is 0 Å². The molecule has 1 aromatic carbocycles. The van der Waals surface area contributed by atoms with Crippen molar-refractivity contribution in [2.75, 3.05) is 54.0 Å². The van der Waals surface area contributed by atoms with Crippen molar-refractivity contribution in [2.24, 2.45) is 12.0 Å². The maximum absolute atomic E-state index is 12.1. The quantitative estimate of drug-likeness (QED) is 0.318. The number of amides is 1. The fraction of sp³-hybridized carbons (Fsp3) is 0.500. The van der Waals surface area contributed by atoms with E-state index in [0.29, 0.717) is 26.2 Å². The first-order valence-electron chi connectivity index (χ1n) is 10.4. The Morgan fingerprint density at radius 2 is 2.09 bits per heavy atom. The lowest BCUT2D eigenvalue weighted by atomic mass is 10.1. The highest BCUT2D eigenvalue weighted by molar-refractivity contribution is 14.0. The van der Waals surface area contributed by atoms with Gasteiger partial charge < -0.3 is 24.6 Å². The molecule has 1 N–H and O–H groups in total. The zero-order valence-electron chi connectivity index (χ0n) is 19.2. The van der Waals surface area contributed by atoms with Crippen LogP contribution in [0.3, 0.4) is 0 Å². The molecule has 0 radical (unpaired) electrons. The molecule has 1 unspecified atom stereocenters. The molecule has 0 aliphatic carbocycles. The Morgan fingerprint density at radius 3 is 2.72 bits per heavy atom. The molecule has 1 atom stereocenters. The van der Waals surface area contributed by atoms with Gasteiger partial charge in [-0.25, -0.2) is 4.99 Å². The maximum atomic E-state index is 12.1. The lowest BCUT2D eigenvalue weighted by Crippen LogP contribution is -2.49. The van der Waals surface area contributed by atoms with E-state index >= 15 is 0 Å². The van der Waals surface area contributed by atoms with Gasteiger partial charge in [0.15, 0.2) is 5.96 Å². The number of hydrogen-bond donors (Lipinski definition) is 1. The summed E-state index contributed by atoms with van der Waals surface area (Å²) in [5.41, 5.74) is 2.24. The topological polar surface area (TPSA) is 84.2 Å². The average Bonchev–Trinajstić information content (AvgIpc) is 3.22. The normalized spacial score (nSPS) is 16.3. The summed E-state index contributed by atoms with van der Waals surface area (Å²) in [4.78, 5) is 20.4. The number of rotatable bonds is 7. The van der Waals surface area contributed by atoms with Crippen LogP contribution in [-0.4, -0.2) is 85.4 Å². The number of carbonyl (C=O) groups is 1. The number of aliphatic imine (C=N–C) groups is 1. The molecule has 0 saturated carbocycles. The Bertz CT molecular complexity index is 884. The van der Waals surface area contributed by atoms with Gasteiger partial charge in [0.05, 0.1) is 26.5 Å². The number of halogens is 1. The molecule has 32 heavy (non-hydrogen) atoms. The number of likely N-dealkylation sites (N-methyl/N-ethyl adjacent to an activating group) is 1. The van der Waals surface area contributed by atoms with Crippen molar-refractivity contribution >= 4 is 35.8 Å². The number of ether oxygens (including phenoxy) is 2.